The first-order chi connectivity index (χ1) is 8.39. The molecule has 0 aliphatic carbocycles. The highest BCUT2D eigenvalue weighted by atomic mass is 19.4. The number of hydrogen-bond donors (Lipinski definition) is 1. The van der Waals surface area contributed by atoms with Crippen molar-refractivity contribution in [2.45, 2.75) is 39.3 Å². The Morgan fingerprint density at radius 1 is 1.28 bits per heavy atom. The average Bonchev–Trinajstić information content (AvgIpc) is 2.77. The second-order valence-electron chi connectivity index (χ2n) is 4.80. The van der Waals surface area contributed by atoms with Crippen molar-refractivity contribution in [3.63, 3.8) is 0 Å². The Morgan fingerprint density at radius 2 is 1.83 bits per heavy atom. The smallest absolute Gasteiger partial charge is 0.342 e. The second-order valence-corrected chi connectivity index (χ2v) is 4.80. The summed E-state index contributed by atoms with van der Waals surface area (Å²) in [6.07, 6.45) is -3.28. The van der Waals surface area contributed by atoms with Crippen LogP contribution in [-0.4, -0.2) is 43.2 Å². The van der Waals surface area contributed by atoms with Gasteiger partial charge in [-0.3, -0.25) is 4.79 Å². The first-order valence-electron chi connectivity index (χ1n) is 6.46. The third-order valence-electron chi connectivity index (χ3n) is 3.38. The third kappa shape index (κ3) is 2.79. The van der Waals surface area contributed by atoms with Gasteiger partial charge in [0.2, 0.25) is 5.91 Å². The number of carbonyl (C=O) groups excluding carboxylic acids is 1. The van der Waals surface area contributed by atoms with E-state index in [4.69, 9.17) is 0 Å². The summed E-state index contributed by atoms with van der Waals surface area (Å²) in [5.74, 6) is -0.760. The highest BCUT2D eigenvalue weighted by Crippen LogP contribution is 2.44. The molecule has 1 aliphatic rings. The van der Waals surface area contributed by atoms with E-state index in [1.165, 1.54) is 4.90 Å². The van der Waals surface area contributed by atoms with E-state index in [2.05, 4.69) is 5.32 Å². The maximum Gasteiger partial charge on any atom is 0.404 e. The van der Waals surface area contributed by atoms with Crippen molar-refractivity contribution in [2.75, 3.05) is 26.2 Å². The van der Waals surface area contributed by atoms with Gasteiger partial charge < -0.3 is 10.2 Å². The zero-order valence-electron chi connectivity index (χ0n) is 10.9. The highest BCUT2D eigenvalue weighted by Gasteiger charge is 2.62. The van der Waals surface area contributed by atoms with Crippen LogP contribution < -0.4 is 5.32 Å². The molecular weight excluding hydrogens is 245 g/mol. The molecule has 0 saturated carbocycles. The molecule has 0 aromatic rings. The molecule has 1 heterocycles. The van der Waals surface area contributed by atoms with E-state index in [9.17, 15) is 18.0 Å². The van der Waals surface area contributed by atoms with E-state index < -0.39 is 17.5 Å². The summed E-state index contributed by atoms with van der Waals surface area (Å²) in [7, 11) is 0. The lowest BCUT2D eigenvalue weighted by atomic mass is 9.84. The molecule has 106 valence electrons. The standard InChI is InChI=1S/C12H21F3N2O/c1-3-7-17(8-4-2)10(18)11(12(13,14)15)5-6-16-9-11/h16H,3-9H2,1-2H3. The van der Waals surface area contributed by atoms with Crippen LogP contribution in [-0.2, 0) is 4.79 Å². The van der Waals surface area contributed by atoms with Gasteiger partial charge in [0, 0.05) is 19.6 Å². The SMILES string of the molecule is CCCN(CCC)C(=O)C1(C(F)(F)F)CCNC1. The minimum Gasteiger partial charge on any atom is -0.342 e. The number of carbonyl (C=O) groups is 1. The average molecular weight is 266 g/mol. The van der Waals surface area contributed by atoms with E-state index in [0.717, 1.165) is 0 Å². The zero-order chi connectivity index (χ0) is 13.8. The molecule has 1 rings (SSSR count). The highest BCUT2D eigenvalue weighted by molar-refractivity contribution is 5.84. The molecule has 0 bridgehead atoms. The molecule has 18 heavy (non-hydrogen) atoms. The van der Waals surface area contributed by atoms with Crippen molar-refractivity contribution in [1.29, 1.82) is 0 Å². The van der Waals surface area contributed by atoms with Crippen LogP contribution in [0.15, 0.2) is 0 Å². The normalized spacial score (nSPS) is 24.3. The summed E-state index contributed by atoms with van der Waals surface area (Å²) >= 11 is 0. The first-order valence-corrected chi connectivity index (χ1v) is 6.46. The predicted octanol–water partition coefficient (Wildman–Crippen LogP) is 2.18. The van der Waals surface area contributed by atoms with Crippen molar-refractivity contribution in [3.8, 4) is 0 Å². The Bertz CT molecular complexity index is 280. The van der Waals surface area contributed by atoms with Crippen molar-refractivity contribution >= 4 is 5.91 Å². The predicted molar refractivity (Wildman–Crippen MR) is 63.1 cm³/mol. The zero-order valence-corrected chi connectivity index (χ0v) is 10.9. The van der Waals surface area contributed by atoms with Crippen LogP contribution in [0.25, 0.3) is 0 Å². The second kappa shape index (κ2) is 5.91. The van der Waals surface area contributed by atoms with Crippen molar-refractivity contribution < 1.29 is 18.0 Å². The molecule has 1 aliphatic heterocycles. The minimum absolute atomic E-state index is 0.154. The van der Waals surface area contributed by atoms with Crippen LogP contribution in [0.4, 0.5) is 13.2 Å². The number of alkyl halides is 3. The van der Waals surface area contributed by atoms with Crippen LogP contribution in [0.3, 0.4) is 0 Å². The van der Waals surface area contributed by atoms with Gasteiger partial charge >= 0.3 is 6.18 Å². The topological polar surface area (TPSA) is 32.3 Å². The number of amides is 1. The van der Waals surface area contributed by atoms with Gasteiger partial charge in [-0.15, -0.1) is 0 Å². The van der Waals surface area contributed by atoms with Gasteiger partial charge in [-0.1, -0.05) is 13.8 Å². The largest absolute Gasteiger partial charge is 0.404 e. The van der Waals surface area contributed by atoms with E-state index in [-0.39, 0.29) is 19.5 Å². The van der Waals surface area contributed by atoms with Gasteiger partial charge in [-0.05, 0) is 25.8 Å². The molecule has 3 nitrogen and oxygen atoms in total. The Kier molecular flexibility index (Phi) is 5.01. The van der Waals surface area contributed by atoms with Crippen molar-refractivity contribution in [3.05, 3.63) is 0 Å². The van der Waals surface area contributed by atoms with Gasteiger partial charge in [0.05, 0.1) is 0 Å². The fourth-order valence-electron chi connectivity index (χ4n) is 2.40. The number of hydrogen-bond acceptors (Lipinski definition) is 2. The summed E-state index contributed by atoms with van der Waals surface area (Å²) in [5.41, 5.74) is -2.21. The van der Waals surface area contributed by atoms with E-state index >= 15 is 0 Å². The van der Waals surface area contributed by atoms with Gasteiger partial charge in [0.25, 0.3) is 0 Å². The summed E-state index contributed by atoms with van der Waals surface area (Å²) in [5, 5.41) is 2.67. The Labute approximate surface area is 106 Å². The fourth-order valence-corrected chi connectivity index (χ4v) is 2.40. The molecular formula is C12H21F3N2O. The molecule has 0 aromatic carbocycles. The lowest BCUT2D eigenvalue weighted by molar-refractivity contribution is -0.221. The van der Waals surface area contributed by atoms with Crippen LogP contribution >= 0.6 is 0 Å². The molecule has 0 aromatic heterocycles. The fraction of sp³-hybridized carbons (Fsp3) is 0.917. The van der Waals surface area contributed by atoms with E-state index in [0.29, 0.717) is 25.9 Å². The lowest BCUT2D eigenvalue weighted by Gasteiger charge is -2.35. The van der Waals surface area contributed by atoms with Crippen molar-refractivity contribution in [2.24, 2.45) is 5.41 Å². The van der Waals surface area contributed by atoms with Crippen LogP contribution in [0.2, 0.25) is 0 Å². The van der Waals surface area contributed by atoms with Gasteiger partial charge in [0.15, 0.2) is 5.41 Å². The Balaban J connectivity index is 2.94. The van der Waals surface area contributed by atoms with Crippen LogP contribution in [0.1, 0.15) is 33.1 Å². The first kappa shape index (κ1) is 15.3. The molecule has 0 spiro atoms. The Morgan fingerprint density at radius 3 is 2.17 bits per heavy atom. The summed E-state index contributed by atoms with van der Waals surface area (Å²) in [6.45, 7) is 4.47. The molecule has 1 fully saturated rings. The molecule has 1 saturated heterocycles. The van der Waals surface area contributed by atoms with Gasteiger partial charge in [0.1, 0.15) is 0 Å². The summed E-state index contributed by atoms with van der Waals surface area (Å²) in [6, 6.07) is 0. The molecule has 1 amide bonds. The van der Waals surface area contributed by atoms with Crippen LogP contribution in [0.5, 0.6) is 0 Å². The molecule has 0 radical (unpaired) electrons. The van der Waals surface area contributed by atoms with Crippen molar-refractivity contribution in [1.82, 2.24) is 10.2 Å². The van der Waals surface area contributed by atoms with E-state index in [1.807, 2.05) is 13.8 Å². The minimum atomic E-state index is -4.48. The molecule has 1 atom stereocenters. The summed E-state index contributed by atoms with van der Waals surface area (Å²) < 4.78 is 39.7. The number of rotatable bonds is 5. The van der Waals surface area contributed by atoms with Gasteiger partial charge in [-0.2, -0.15) is 13.2 Å². The van der Waals surface area contributed by atoms with E-state index in [1.54, 1.807) is 0 Å². The number of halogens is 3. The molecule has 1 unspecified atom stereocenters. The lowest BCUT2D eigenvalue weighted by Crippen LogP contribution is -2.54. The Hall–Kier alpha value is -0.780. The quantitative estimate of drug-likeness (QED) is 0.827. The van der Waals surface area contributed by atoms with Crippen LogP contribution in [0, 0.1) is 5.41 Å². The monoisotopic (exact) mass is 266 g/mol. The van der Waals surface area contributed by atoms with Gasteiger partial charge in [-0.25, -0.2) is 0 Å². The number of nitrogens with zero attached hydrogens (tertiary/aromatic N) is 1. The maximum atomic E-state index is 13.2. The summed E-state index contributed by atoms with van der Waals surface area (Å²) in [4.78, 5) is 13.6. The molecule has 6 heteroatoms. The number of nitrogens with one attached hydrogen (secondary N) is 1. The third-order valence-corrected chi connectivity index (χ3v) is 3.38. The maximum absolute atomic E-state index is 13.2. The molecule has 1 N–H and O–H groups in total.